The Balaban J connectivity index is 2.18. The number of unbranched alkanes of at least 4 members (excludes halogenated alkanes) is 3. The van der Waals surface area contributed by atoms with Crippen LogP contribution in [0.15, 0.2) is 23.0 Å². The number of nitrogens with zero attached hydrogens (tertiary/aromatic N) is 1. The Morgan fingerprint density at radius 3 is 2.75 bits per heavy atom. The van der Waals surface area contributed by atoms with Crippen LogP contribution in [0.5, 0.6) is 5.75 Å². The van der Waals surface area contributed by atoms with Crippen molar-refractivity contribution in [2.75, 3.05) is 13.7 Å². The minimum atomic E-state index is -0.935. The molecule has 0 saturated carbocycles. The summed E-state index contributed by atoms with van der Waals surface area (Å²) in [6, 6.07) is 4.13. The van der Waals surface area contributed by atoms with Gasteiger partial charge in [0.25, 0.3) is 5.56 Å². The van der Waals surface area contributed by atoms with Crippen molar-refractivity contribution >= 4 is 23.1 Å². The second-order valence-corrected chi connectivity index (χ2v) is 5.28. The van der Waals surface area contributed by atoms with Crippen molar-refractivity contribution in [1.29, 1.82) is 0 Å². The highest BCUT2D eigenvalue weighted by atomic mass is 16.7. The van der Waals surface area contributed by atoms with Crippen LogP contribution in [-0.4, -0.2) is 35.6 Å². The van der Waals surface area contributed by atoms with E-state index in [0.717, 1.165) is 30.4 Å². The minimum absolute atomic E-state index is 0.0371. The zero-order valence-electron chi connectivity index (χ0n) is 13.8. The fourth-order valence-corrected chi connectivity index (χ4v) is 2.31. The topological polar surface area (TPSA) is 102 Å². The molecule has 0 saturated heterocycles. The van der Waals surface area contributed by atoms with Crippen molar-refractivity contribution in [3.63, 3.8) is 0 Å². The molecule has 1 aromatic carbocycles. The van der Waals surface area contributed by atoms with Gasteiger partial charge in [0.15, 0.2) is 0 Å². The summed E-state index contributed by atoms with van der Waals surface area (Å²) in [6.45, 7) is 2.60. The van der Waals surface area contributed by atoms with Gasteiger partial charge in [0.1, 0.15) is 11.1 Å². The minimum Gasteiger partial charge on any atom is -0.437 e. The summed E-state index contributed by atoms with van der Waals surface area (Å²) in [5.74, 6) is 0.0371. The maximum Gasteiger partial charge on any atom is 0.513 e. The molecule has 0 fully saturated rings. The number of hydrogen-bond acceptors (Lipinski definition) is 5. The normalized spacial score (nSPS) is 10.6. The van der Waals surface area contributed by atoms with Gasteiger partial charge in [-0.25, -0.2) is 9.59 Å². The second kappa shape index (κ2) is 8.19. The molecule has 1 aromatic heterocycles. The van der Waals surface area contributed by atoms with Crippen molar-refractivity contribution in [3.8, 4) is 5.75 Å². The average molecular weight is 335 g/mol. The fraction of sp³-hybridized carbons (Fsp3) is 0.438. The highest BCUT2D eigenvalue weighted by Crippen LogP contribution is 2.21. The number of methoxy groups -OCH3 is 1. The van der Waals surface area contributed by atoms with Gasteiger partial charge in [-0.1, -0.05) is 32.3 Å². The summed E-state index contributed by atoms with van der Waals surface area (Å²) in [5.41, 5.74) is -0.196. The zero-order valence-corrected chi connectivity index (χ0v) is 13.8. The molecule has 24 heavy (non-hydrogen) atoms. The lowest BCUT2D eigenvalue weighted by atomic mass is 10.2. The Bertz CT molecular complexity index is 778. The highest BCUT2D eigenvalue weighted by molar-refractivity contribution is 5.89. The predicted octanol–water partition coefficient (Wildman–Crippen LogP) is 2.61. The summed E-state index contributed by atoms with van der Waals surface area (Å²) >= 11 is 0. The third kappa shape index (κ3) is 3.95. The van der Waals surface area contributed by atoms with E-state index in [1.165, 1.54) is 13.2 Å². The number of amides is 1. The van der Waals surface area contributed by atoms with E-state index in [2.05, 4.69) is 22.1 Å². The Hall–Kier alpha value is -2.77. The average Bonchev–Trinajstić information content (AvgIpc) is 2.92. The molecule has 2 aromatic rings. The van der Waals surface area contributed by atoms with E-state index in [1.807, 2.05) is 0 Å². The number of nitrogens with one attached hydrogen (secondary N) is 2. The molecule has 130 valence electrons. The third-order valence-corrected chi connectivity index (χ3v) is 3.55. The number of hydrogen-bond donors (Lipinski definition) is 2. The van der Waals surface area contributed by atoms with Gasteiger partial charge in [-0.15, -0.1) is 0 Å². The number of aromatic amines is 1. The van der Waals surface area contributed by atoms with Gasteiger partial charge in [0.05, 0.1) is 12.6 Å². The molecule has 2 rings (SSSR count). The lowest BCUT2D eigenvalue weighted by molar-refractivity contribution is 0.122. The maximum atomic E-state index is 12.4. The van der Waals surface area contributed by atoms with Crippen LogP contribution in [0.2, 0.25) is 0 Å². The number of aromatic nitrogens is 2. The van der Waals surface area contributed by atoms with Crippen LogP contribution in [-0.2, 0) is 4.74 Å². The zero-order chi connectivity index (χ0) is 17.5. The Kier molecular flexibility index (Phi) is 6.00. The fourth-order valence-electron chi connectivity index (χ4n) is 2.31. The number of ether oxygens (including phenoxy) is 2. The van der Waals surface area contributed by atoms with Gasteiger partial charge in [0.2, 0.25) is 0 Å². The SMILES string of the molecule is CCCCCCNC(=O)n1[nH]c2cccc(OC(=O)OC)c2c1=O. The molecule has 0 aliphatic carbocycles. The predicted molar refractivity (Wildman–Crippen MR) is 88.5 cm³/mol. The van der Waals surface area contributed by atoms with Gasteiger partial charge in [-0.3, -0.25) is 9.89 Å². The Labute approximate surface area is 138 Å². The molecule has 1 heterocycles. The van der Waals surface area contributed by atoms with Crippen LogP contribution in [0.25, 0.3) is 10.9 Å². The van der Waals surface area contributed by atoms with Crippen LogP contribution in [0.4, 0.5) is 9.59 Å². The molecule has 1 amide bonds. The first-order valence-electron chi connectivity index (χ1n) is 7.86. The second-order valence-electron chi connectivity index (χ2n) is 5.28. The molecule has 0 aliphatic heterocycles. The number of rotatable bonds is 6. The van der Waals surface area contributed by atoms with Crippen LogP contribution < -0.4 is 15.6 Å². The van der Waals surface area contributed by atoms with Crippen LogP contribution in [0.3, 0.4) is 0 Å². The van der Waals surface area contributed by atoms with Crippen molar-refractivity contribution in [2.45, 2.75) is 32.6 Å². The van der Waals surface area contributed by atoms with Crippen LogP contribution in [0, 0.1) is 0 Å². The van der Waals surface area contributed by atoms with Crippen molar-refractivity contribution in [3.05, 3.63) is 28.6 Å². The summed E-state index contributed by atoms with van der Waals surface area (Å²) in [6.07, 6.45) is 3.16. The Morgan fingerprint density at radius 2 is 2.04 bits per heavy atom. The standard InChI is InChI=1S/C16H21N3O5/c1-3-4-5-6-10-17-15(21)19-14(20)13-11(18-19)8-7-9-12(13)24-16(22)23-2/h7-9,18H,3-6,10H2,1-2H3,(H,17,21). The summed E-state index contributed by atoms with van der Waals surface area (Å²) in [4.78, 5) is 35.8. The van der Waals surface area contributed by atoms with Gasteiger partial charge in [0, 0.05) is 6.54 Å². The van der Waals surface area contributed by atoms with E-state index in [9.17, 15) is 14.4 Å². The number of carbonyl (C=O) groups is 2. The van der Waals surface area contributed by atoms with E-state index in [1.54, 1.807) is 12.1 Å². The molecule has 0 spiro atoms. The molecule has 0 bridgehead atoms. The molecule has 0 unspecified atom stereocenters. The number of benzene rings is 1. The van der Waals surface area contributed by atoms with Gasteiger partial charge in [-0.05, 0) is 18.6 Å². The largest absolute Gasteiger partial charge is 0.513 e. The Morgan fingerprint density at radius 1 is 1.25 bits per heavy atom. The summed E-state index contributed by atoms with van der Waals surface area (Å²) in [5, 5.41) is 5.51. The monoisotopic (exact) mass is 335 g/mol. The van der Waals surface area contributed by atoms with E-state index >= 15 is 0 Å². The molecule has 0 aliphatic rings. The van der Waals surface area contributed by atoms with Gasteiger partial charge in [-0.2, -0.15) is 4.68 Å². The van der Waals surface area contributed by atoms with Crippen LogP contribution >= 0.6 is 0 Å². The third-order valence-electron chi connectivity index (χ3n) is 3.55. The first-order chi connectivity index (χ1) is 11.6. The molecular formula is C16H21N3O5. The molecular weight excluding hydrogens is 314 g/mol. The highest BCUT2D eigenvalue weighted by Gasteiger charge is 2.18. The summed E-state index contributed by atoms with van der Waals surface area (Å²) in [7, 11) is 1.17. The van der Waals surface area contributed by atoms with Gasteiger partial charge >= 0.3 is 12.2 Å². The molecule has 8 nitrogen and oxygen atoms in total. The lowest BCUT2D eigenvalue weighted by Gasteiger charge is -2.04. The first-order valence-corrected chi connectivity index (χ1v) is 7.86. The lowest BCUT2D eigenvalue weighted by Crippen LogP contribution is -2.36. The quantitative estimate of drug-likeness (QED) is 0.480. The summed E-state index contributed by atoms with van der Waals surface area (Å²) < 4.78 is 10.2. The van der Waals surface area contributed by atoms with Crippen molar-refractivity contribution in [2.24, 2.45) is 0 Å². The van der Waals surface area contributed by atoms with E-state index in [-0.39, 0.29) is 11.1 Å². The molecule has 2 N–H and O–H groups in total. The van der Waals surface area contributed by atoms with E-state index in [0.29, 0.717) is 12.1 Å². The van der Waals surface area contributed by atoms with Gasteiger partial charge < -0.3 is 14.8 Å². The molecule has 8 heteroatoms. The van der Waals surface area contributed by atoms with Crippen molar-refractivity contribution in [1.82, 2.24) is 15.1 Å². The first kappa shape index (κ1) is 17.6. The van der Waals surface area contributed by atoms with E-state index < -0.39 is 17.7 Å². The molecule has 0 radical (unpaired) electrons. The maximum absolute atomic E-state index is 12.4. The smallest absolute Gasteiger partial charge is 0.437 e. The number of fused-ring (bicyclic) bond motifs is 1. The van der Waals surface area contributed by atoms with E-state index in [4.69, 9.17) is 4.74 Å². The number of H-pyrrole nitrogens is 1. The number of carbonyl (C=O) groups excluding carboxylic acids is 2. The van der Waals surface area contributed by atoms with Crippen LogP contribution in [0.1, 0.15) is 32.6 Å². The van der Waals surface area contributed by atoms with Crippen molar-refractivity contribution < 1.29 is 19.1 Å². The molecule has 0 atom stereocenters.